The van der Waals surface area contributed by atoms with Crippen molar-refractivity contribution in [3.8, 4) is 11.5 Å². The van der Waals surface area contributed by atoms with Crippen LogP contribution in [0.4, 0.5) is 11.4 Å². The summed E-state index contributed by atoms with van der Waals surface area (Å²) in [4.78, 5) is 38.4. The number of halogens is 1. The zero-order valence-corrected chi connectivity index (χ0v) is 19.0. The molecule has 0 atom stereocenters. The third-order valence-electron chi connectivity index (χ3n) is 5.14. The number of benzene rings is 3. The standard InChI is InChI=1S/C25H21ClN2O6/c1-32-22-12-16(10-11-21(22)33-14-17-6-2-3-7-18(17)26)25(31)34-15-24(30)28-13-23(29)27-19-8-4-5-9-20(19)28/h2-12H,13-15H2,1H3,(H,27,29). The van der Waals surface area contributed by atoms with Crippen LogP contribution >= 0.6 is 11.6 Å². The molecule has 34 heavy (non-hydrogen) atoms. The molecule has 0 unspecified atom stereocenters. The van der Waals surface area contributed by atoms with Crippen molar-refractivity contribution in [2.75, 3.05) is 30.5 Å². The third-order valence-corrected chi connectivity index (χ3v) is 5.51. The van der Waals surface area contributed by atoms with Crippen LogP contribution in [0.3, 0.4) is 0 Å². The summed E-state index contributed by atoms with van der Waals surface area (Å²) in [6.45, 7) is -0.453. The lowest BCUT2D eigenvalue weighted by Crippen LogP contribution is -2.44. The van der Waals surface area contributed by atoms with E-state index < -0.39 is 18.5 Å². The van der Waals surface area contributed by atoms with Crippen molar-refractivity contribution >= 4 is 40.8 Å². The maximum absolute atomic E-state index is 12.7. The van der Waals surface area contributed by atoms with Gasteiger partial charge in [-0.15, -0.1) is 0 Å². The van der Waals surface area contributed by atoms with Crippen LogP contribution in [0.15, 0.2) is 66.7 Å². The van der Waals surface area contributed by atoms with Crippen molar-refractivity contribution < 1.29 is 28.6 Å². The molecule has 4 rings (SSSR count). The molecule has 9 heteroatoms. The summed E-state index contributed by atoms with van der Waals surface area (Å²) < 4.78 is 16.3. The molecular formula is C25H21ClN2O6. The van der Waals surface area contributed by atoms with Crippen LogP contribution in [0.1, 0.15) is 15.9 Å². The van der Waals surface area contributed by atoms with Crippen LogP contribution in [0.25, 0.3) is 0 Å². The molecule has 3 aromatic carbocycles. The molecule has 2 amide bonds. The van der Waals surface area contributed by atoms with E-state index in [9.17, 15) is 14.4 Å². The summed E-state index contributed by atoms with van der Waals surface area (Å²) in [6, 6.07) is 18.8. The van der Waals surface area contributed by atoms with Crippen LogP contribution in [0.2, 0.25) is 5.02 Å². The second-order valence-electron chi connectivity index (χ2n) is 7.37. The van der Waals surface area contributed by atoms with Crippen molar-refractivity contribution in [2.24, 2.45) is 0 Å². The van der Waals surface area contributed by atoms with E-state index in [0.29, 0.717) is 27.9 Å². The van der Waals surface area contributed by atoms with Gasteiger partial charge in [0, 0.05) is 10.6 Å². The Labute approximate surface area is 201 Å². The molecule has 1 N–H and O–H groups in total. The first-order valence-electron chi connectivity index (χ1n) is 10.4. The average Bonchev–Trinajstić information content (AvgIpc) is 2.86. The van der Waals surface area contributed by atoms with Crippen LogP contribution < -0.4 is 19.7 Å². The third kappa shape index (κ3) is 5.13. The maximum Gasteiger partial charge on any atom is 0.338 e. The number of carbonyl (C=O) groups is 3. The summed E-state index contributed by atoms with van der Waals surface area (Å²) in [5, 5.41) is 3.29. The number of carbonyl (C=O) groups excluding carboxylic acids is 3. The predicted molar refractivity (Wildman–Crippen MR) is 126 cm³/mol. The summed E-state index contributed by atoms with van der Waals surface area (Å²) >= 11 is 6.16. The number of esters is 1. The predicted octanol–water partition coefficient (Wildman–Crippen LogP) is 4.07. The highest BCUT2D eigenvalue weighted by Crippen LogP contribution is 2.31. The van der Waals surface area contributed by atoms with E-state index in [1.165, 1.54) is 24.1 Å². The topological polar surface area (TPSA) is 94.2 Å². The van der Waals surface area contributed by atoms with Gasteiger partial charge in [0.1, 0.15) is 13.2 Å². The Morgan fingerprint density at radius 2 is 1.79 bits per heavy atom. The Balaban J connectivity index is 1.40. The van der Waals surface area contributed by atoms with Crippen LogP contribution in [0, 0.1) is 0 Å². The van der Waals surface area contributed by atoms with Gasteiger partial charge in [-0.25, -0.2) is 4.79 Å². The van der Waals surface area contributed by atoms with Crippen molar-refractivity contribution in [3.63, 3.8) is 0 Å². The minimum atomic E-state index is -0.709. The lowest BCUT2D eigenvalue weighted by molar-refractivity contribution is -0.124. The lowest BCUT2D eigenvalue weighted by Gasteiger charge is -2.28. The first-order chi connectivity index (χ1) is 16.5. The Hall–Kier alpha value is -4.04. The molecule has 1 aliphatic rings. The lowest BCUT2D eigenvalue weighted by atomic mass is 10.2. The fourth-order valence-corrected chi connectivity index (χ4v) is 3.62. The van der Waals surface area contributed by atoms with E-state index in [1.807, 2.05) is 18.2 Å². The van der Waals surface area contributed by atoms with Gasteiger partial charge in [-0.2, -0.15) is 0 Å². The van der Waals surface area contributed by atoms with Gasteiger partial charge in [-0.3, -0.25) is 14.5 Å². The Bertz CT molecular complexity index is 1250. The van der Waals surface area contributed by atoms with E-state index in [0.717, 1.165) is 5.56 Å². The fraction of sp³-hybridized carbons (Fsp3) is 0.160. The monoisotopic (exact) mass is 480 g/mol. The summed E-state index contributed by atoms with van der Waals surface area (Å²) in [6.07, 6.45) is 0. The molecule has 174 valence electrons. The van der Waals surface area contributed by atoms with Gasteiger partial charge in [0.15, 0.2) is 18.1 Å². The summed E-state index contributed by atoms with van der Waals surface area (Å²) in [7, 11) is 1.45. The molecule has 0 aliphatic carbocycles. The highest BCUT2D eigenvalue weighted by molar-refractivity contribution is 6.31. The number of anilines is 2. The van der Waals surface area contributed by atoms with Crippen LogP contribution in [-0.2, 0) is 20.9 Å². The minimum absolute atomic E-state index is 0.154. The molecule has 0 aromatic heterocycles. The van der Waals surface area contributed by atoms with Crippen molar-refractivity contribution in [1.82, 2.24) is 0 Å². The van der Waals surface area contributed by atoms with Gasteiger partial charge in [0.25, 0.3) is 5.91 Å². The number of amides is 2. The van der Waals surface area contributed by atoms with E-state index >= 15 is 0 Å². The van der Waals surface area contributed by atoms with Crippen molar-refractivity contribution in [2.45, 2.75) is 6.61 Å². The Morgan fingerprint density at radius 1 is 1.03 bits per heavy atom. The highest BCUT2D eigenvalue weighted by atomic mass is 35.5. The zero-order valence-electron chi connectivity index (χ0n) is 18.2. The molecule has 0 saturated carbocycles. The molecule has 1 aliphatic heterocycles. The number of fused-ring (bicyclic) bond motifs is 1. The molecule has 0 fully saturated rings. The number of ether oxygens (including phenoxy) is 3. The van der Waals surface area contributed by atoms with Crippen molar-refractivity contribution in [1.29, 1.82) is 0 Å². The van der Waals surface area contributed by atoms with Crippen molar-refractivity contribution in [3.05, 3.63) is 82.9 Å². The number of methoxy groups -OCH3 is 1. The zero-order chi connectivity index (χ0) is 24.1. The first kappa shape index (κ1) is 23.1. The molecule has 3 aromatic rings. The Morgan fingerprint density at radius 3 is 2.59 bits per heavy atom. The van der Waals surface area contributed by atoms with Gasteiger partial charge in [-0.05, 0) is 36.4 Å². The number of hydrogen-bond acceptors (Lipinski definition) is 6. The average molecular weight is 481 g/mol. The summed E-state index contributed by atoms with van der Waals surface area (Å²) in [5.74, 6) is -0.794. The number of para-hydroxylation sites is 2. The van der Waals surface area contributed by atoms with Gasteiger partial charge >= 0.3 is 5.97 Å². The number of hydrogen-bond donors (Lipinski definition) is 1. The second-order valence-corrected chi connectivity index (χ2v) is 7.77. The van der Waals surface area contributed by atoms with Gasteiger partial charge < -0.3 is 19.5 Å². The van der Waals surface area contributed by atoms with Crippen LogP contribution in [-0.4, -0.2) is 38.0 Å². The Kier molecular flexibility index (Phi) is 6.98. The largest absolute Gasteiger partial charge is 0.493 e. The smallest absolute Gasteiger partial charge is 0.338 e. The molecule has 0 spiro atoms. The molecule has 1 heterocycles. The molecule has 0 radical (unpaired) electrons. The highest BCUT2D eigenvalue weighted by Gasteiger charge is 2.27. The molecule has 0 saturated heterocycles. The summed E-state index contributed by atoms with van der Waals surface area (Å²) in [5.41, 5.74) is 2.06. The number of nitrogens with zero attached hydrogens (tertiary/aromatic N) is 1. The van der Waals surface area contributed by atoms with E-state index in [1.54, 1.807) is 36.4 Å². The van der Waals surface area contributed by atoms with E-state index in [4.69, 9.17) is 25.8 Å². The normalized spacial score (nSPS) is 12.4. The first-order valence-corrected chi connectivity index (χ1v) is 10.7. The maximum atomic E-state index is 12.7. The molecular weight excluding hydrogens is 460 g/mol. The quantitative estimate of drug-likeness (QED) is 0.512. The SMILES string of the molecule is COc1cc(C(=O)OCC(=O)N2CC(=O)Nc3ccccc32)ccc1OCc1ccccc1Cl. The fourth-order valence-electron chi connectivity index (χ4n) is 3.43. The van der Waals surface area contributed by atoms with Crippen LogP contribution in [0.5, 0.6) is 11.5 Å². The molecule has 0 bridgehead atoms. The van der Waals surface area contributed by atoms with E-state index in [2.05, 4.69) is 5.32 Å². The molecule has 8 nitrogen and oxygen atoms in total. The van der Waals surface area contributed by atoms with Gasteiger partial charge in [-0.1, -0.05) is 41.9 Å². The minimum Gasteiger partial charge on any atom is -0.493 e. The van der Waals surface area contributed by atoms with E-state index in [-0.39, 0.29) is 24.6 Å². The van der Waals surface area contributed by atoms with Gasteiger partial charge in [0.2, 0.25) is 5.91 Å². The number of rotatable bonds is 7. The number of nitrogens with one attached hydrogen (secondary N) is 1. The van der Waals surface area contributed by atoms with Gasteiger partial charge in [0.05, 0.1) is 24.0 Å². The second kappa shape index (κ2) is 10.3.